The number of carbonyl (C=O) groups is 9. The molecule has 4 atom stereocenters. The van der Waals surface area contributed by atoms with E-state index in [9.17, 15) is 43.2 Å². The number of nitrogens with two attached hydrogens (primary N) is 1. The highest BCUT2D eigenvalue weighted by atomic mass is 35.5. The number of unbranched alkanes of at least 4 members (excludes halogenated alkanes) is 2. The predicted molar refractivity (Wildman–Crippen MR) is 338 cm³/mol. The normalized spacial score (nSPS) is 17.1. The molecule has 0 spiro atoms. The summed E-state index contributed by atoms with van der Waals surface area (Å²) in [5, 5.41) is 14.4. The molecule has 0 radical (unpaired) electrons. The number of fused-ring (bicyclic) bond motifs is 6. The van der Waals surface area contributed by atoms with Gasteiger partial charge in [0, 0.05) is 136 Å². The second kappa shape index (κ2) is 29.6. The highest BCUT2D eigenvalue weighted by Crippen LogP contribution is 2.48. The number of benzene rings is 5. The van der Waals surface area contributed by atoms with Crippen LogP contribution in [0.15, 0.2) is 97.1 Å². The molecule has 23 heteroatoms. The van der Waals surface area contributed by atoms with Gasteiger partial charge in [0.05, 0.1) is 11.4 Å². The third kappa shape index (κ3) is 15.3. The number of likely N-dealkylation sites (N-methyl/N-ethyl adjacent to an activating group) is 1. The second-order valence-corrected chi connectivity index (χ2v) is 23.8. The van der Waals surface area contributed by atoms with Gasteiger partial charge in [-0.25, -0.2) is 9.59 Å². The zero-order chi connectivity index (χ0) is 62.6. The van der Waals surface area contributed by atoms with Crippen molar-refractivity contribution in [1.82, 2.24) is 30.7 Å². The summed E-state index contributed by atoms with van der Waals surface area (Å²) in [5.74, 6) is -1.69. The Balaban J connectivity index is 0.819. The number of nitrogens with zero attached hydrogens (tertiary/aromatic N) is 5. The number of hydrogen-bond donors (Lipinski definition) is 5. The molecule has 1 fully saturated rings. The number of alkyl halides is 2. The summed E-state index contributed by atoms with van der Waals surface area (Å²) in [5.41, 5.74) is 9.67. The predicted octanol–water partition coefficient (Wildman–Crippen LogP) is 8.02. The van der Waals surface area contributed by atoms with Crippen molar-refractivity contribution in [1.29, 1.82) is 0 Å². The average molecular weight is 1240 g/mol. The lowest BCUT2D eigenvalue weighted by Gasteiger charge is -2.31. The standard InChI is InChI=1S/C65H76Cl2N10O11/c1-40(2)61(72-54(78)18-5-4-10-28-75-57(81)25-26-58(75)82)63(84)71-49(17-12-27-69-64(68)85)62(83)70-44-23-21-41(22-24-44)39-87-52-33-50-59(47-15-8-6-13-45(47)52)42(35-66)37-76(50)55(79)19-11-20-56(80)77-38-43(36-67)60-48-16-9-7-14-46(48)53(34-51(60)77)88-65(86)74-31-29-73(3)30-32-74/h6-9,13-16,21-26,33-34,40,42-43,49,61H,4-5,10-12,17-20,27-32,35-39H2,1-3H3,(H,70,83)(H,71,84)(H,72,78)(H3,68,69,85)/t42-,43-,49+,61+/m1/s1. The first-order valence-corrected chi connectivity index (χ1v) is 31.2. The number of primary amides is 1. The smallest absolute Gasteiger partial charge is 0.415 e. The first-order chi connectivity index (χ1) is 42.4. The molecule has 6 N–H and O–H groups in total. The lowest BCUT2D eigenvalue weighted by Crippen LogP contribution is -2.54. The fourth-order valence-electron chi connectivity index (χ4n) is 11.8. The number of rotatable bonds is 26. The summed E-state index contributed by atoms with van der Waals surface area (Å²) in [6.45, 7) is 7.35. The van der Waals surface area contributed by atoms with E-state index in [4.69, 9.17) is 38.4 Å². The molecule has 4 aliphatic heterocycles. The van der Waals surface area contributed by atoms with Crippen molar-refractivity contribution >= 4 is 115 Å². The van der Waals surface area contributed by atoms with Crippen molar-refractivity contribution < 1.29 is 52.6 Å². The lowest BCUT2D eigenvalue weighted by atomic mass is 9.95. The molecule has 9 rings (SSSR count). The zero-order valence-electron chi connectivity index (χ0n) is 49.8. The van der Waals surface area contributed by atoms with Crippen LogP contribution in [0.4, 0.5) is 26.7 Å². The quantitative estimate of drug-likeness (QED) is 0.0200. The fraction of sp³-hybridized carbons (Fsp3) is 0.431. The maximum atomic E-state index is 14.4. The first-order valence-electron chi connectivity index (χ1n) is 30.1. The van der Waals surface area contributed by atoms with Gasteiger partial charge >= 0.3 is 12.1 Å². The minimum atomic E-state index is -1.06. The Hall–Kier alpha value is -8.27. The van der Waals surface area contributed by atoms with Crippen LogP contribution in [-0.2, 0) is 40.2 Å². The Kier molecular flexibility index (Phi) is 21.6. The number of hydrogen-bond acceptors (Lipinski definition) is 12. The number of urea groups is 1. The number of imide groups is 1. The van der Waals surface area contributed by atoms with Gasteiger partial charge in [0.2, 0.25) is 29.5 Å². The molecule has 0 saturated carbocycles. The Morgan fingerprint density at radius 3 is 1.80 bits per heavy atom. The van der Waals surface area contributed by atoms with Crippen LogP contribution in [0.5, 0.6) is 11.5 Å². The first kappa shape index (κ1) is 64.2. The number of nitrogens with one attached hydrogen (secondary N) is 4. The Bertz CT molecular complexity index is 3460. The summed E-state index contributed by atoms with van der Waals surface area (Å²) >= 11 is 13.2. The van der Waals surface area contributed by atoms with Gasteiger partial charge in [-0.2, -0.15) is 0 Å². The van der Waals surface area contributed by atoms with Crippen LogP contribution in [0.1, 0.15) is 100 Å². The topological polar surface area (TPSA) is 262 Å². The van der Waals surface area contributed by atoms with E-state index in [1.165, 1.54) is 12.2 Å². The molecule has 1 saturated heterocycles. The van der Waals surface area contributed by atoms with Gasteiger partial charge in [-0.1, -0.05) is 80.9 Å². The minimum absolute atomic E-state index is 0.0873. The van der Waals surface area contributed by atoms with Gasteiger partial charge < -0.3 is 56.1 Å². The molecular weight excluding hydrogens is 1170 g/mol. The summed E-state index contributed by atoms with van der Waals surface area (Å²) in [6.07, 6.45) is 4.57. The third-order valence-electron chi connectivity index (χ3n) is 16.6. The van der Waals surface area contributed by atoms with Gasteiger partial charge in [0.1, 0.15) is 30.2 Å². The summed E-state index contributed by atoms with van der Waals surface area (Å²) < 4.78 is 12.6. The van der Waals surface area contributed by atoms with Crippen LogP contribution in [-0.4, -0.2) is 151 Å². The van der Waals surface area contributed by atoms with Gasteiger partial charge in [0.25, 0.3) is 11.8 Å². The zero-order valence-corrected chi connectivity index (χ0v) is 51.3. The molecule has 88 heavy (non-hydrogen) atoms. The monoisotopic (exact) mass is 1240 g/mol. The maximum Gasteiger partial charge on any atom is 0.415 e. The van der Waals surface area contributed by atoms with Crippen molar-refractivity contribution in [2.24, 2.45) is 11.7 Å². The van der Waals surface area contributed by atoms with E-state index in [1.807, 2.05) is 61.6 Å². The summed E-state index contributed by atoms with van der Waals surface area (Å²) in [6, 6.07) is 23.4. The maximum absolute atomic E-state index is 14.4. The SMILES string of the molecule is CC(C)[C@H](NC(=O)CCCCCN1C(=O)C=CC1=O)C(=O)N[C@@H](CCCNC(N)=O)C(=O)Nc1ccc(COc2cc3c(c4ccccc24)[C@H](CCl)CN3C(=O)CCCC(=O)N2C[C@@H](CCl)c3c2cc(OC(=O)N2CCN(C)CC2)c2ccccc32)cc1. The Labute approximate surface area is 521 Å². The molecule has 5 aromatic carbocycles. The van der Waals surface area contributed by atoms with Crippen LogP contribution in [0, 0.1) is 5.92 Å². The average Bonchev–Trinajstić information content (AvgIpc) is 1.80. The van der Waals surface area contributed by atoms with Gasteiger partial charge in [0.15, 0.2) is 0 Å². The van der Waals surface area contributed by atoms with Crippen LogP contribution >= 0.6 is 23.2 Å². The molecule has 4 heterocycles. The van der Waals surface area contributed by atoms with E-state index >= 15 is 0 Å². The molecule has 466 valence electrons. The van der Waals surface area contributed by atoms with Crippen molar-refractivity contribution in [2.45, 2.75) is 102 Å². The van der Waals surface area contributed by atoms with Crippen LogP contribution in [0.25, 0.3) is 21.5 Å². The second-order valence-electron chi connectivity index (χ2n) is 23.2. The van der Waals surface area contributed by atoms with Gasteiger partial charge in [-0.05, 0) is 84.7 Å². The lowest BCUT2D eigenvalue weighted by molar-refractivity contribution is -0.137. The Morgan fingerprint density at radius 2 is 1.23 bits per heavy atom. The third-order valence-corrected chi connectivity index (χ3v) is 17.4. The van der Waals surface area contributed by atoms with Crippen LogP contribution < -0.4 is 46.3 Å². The van der Waals surface area contributed by atoms with Crippen molar-refractivity contribution in [3.63, 3.8) is 0 Å². The van der Waals surface area contributed by atoms with Crippen LogP contribution in [0.3, 0.4) is 0 Å². The number of halogens is 2. The largest absolute Gasteiger partial charge is 0.488 e. The molecule has 0 bridgehead atoms. The molecule has 0 aliphatic carbocycles. The van der Waals surface area contributed by atoms with E-state index in [2.05, 4.69) is 26.2 Å². The molecule has 21 nitrogen and oxygen atoms in total. The van der Waals surface area contributed by atoms with Crippen molar-refractivity contribution in [3.05, 3.63) is 114 Å². The number of piperazine rings is 1. The van der Waals surface area contributed by atoms with E-state index in [1.54, 1.807) is 58.9 Å². The van der Waals surface area contributed by atoms with Gasteiger partial charge in [-0.15, -0.1) is 23.2 Å². The molecule has 4 aliphatic rings. The number of anilines is 3. The van der Waals surface area contributed by atoms with E-state index < -0.39 is 36.0 Å². The molecule has 10 amide bonds. The fourth-order valence-corrected chi connectivity index (χ4v) is 12.4. The molecular formula is C65H76Cl2N10O11. The highest BCUT2D eigenvalue weighted by Gasteiger charge is 2.38. The van der Waals surface area contributed by atoms with E-state index in [-0.39, 0.29) is 111 Å². The Morgan fingerprint density at radius 1 is 0.659 bits per heavy atom. The van der Waals surface area contributed by atoms with E-state index in [0.717, 1.165) is 56.2 Å². The van der Waals surface area contributed by atoms with Crippen molar-refractivity contribution in [2.75, 3.05) is 86.3 Å². The molecule has 5 aromatic rings. The minimum Gasteiger partial charge on any atom is -0.488 e. The van der Waals surface area contributed by atoms with Crippen molar-refractivity contribution in [3.8, 4) is 11.5 Å². The number of carbonyl (C=O) groups excluding carboxylic acids is 9. The van der Waals surface area contributed by atoms with E-state index in [0.29, 0.717) is 80.4 Å². The van der Waals surface area contributed by atoms with Gasteiger partial charge in [-0.3, -0.25) is 38.5 Å². The summed E-state index contributed by atoms with van der Waals surface area (Å²) in [7, 11) is 2.02. The molecule has 0 aromatic heterocycles. The molecule has 0 unspecified atom stereocenters. The summed E-state index contributed by atoms with van der Waals surface area (Å²) in [4.78, 5) is 126. The van der Waals surface area contributed by atoms with Crippen LogP contribution in [0.2, 0.25) is 0 Å². The highest BCUT2D eigenvalue weighted by molar-refractivity contribution is 6.20. The number of amides is 10. The number of ether oxygens (including phenoxy) is 2.